The van der Waals surface area contributed by atoms with Crippen molar-refractivity contribution >= 4 is 45.1 Å². The van der Waals surface area contributed by atoms with Gasteiger partial charge >= 0.3 is 0 Å². The molecule has 15 heavy (non-hydrogen) atoms. The summed E-state index contributed by atoms with van der Waals surface area (Å²) in [6.07, 6.45) is 0. The molecule has 0 spiro atoms. The Morgan fingerprint density at radius 2 is 2.13 bits per heavy atom. The summed E-state index contributed by atoms with van der Waals surface area (Å²) >= 11 is 6.29. The van der Waals surface area contributed by atoms with Gasteiger partial charge in [0, 0.05) is 0 Å². The summed E-state index contributed by atoms with van der Waals surface area (Å²) in [5.74, 6) is 0. The van der Waals surface area contributed by atoms with Gasteiger partial charge in [-0.3, -0.25) is 0 Å². The predicted molar refractivity (Wildman–Crippen MR) is 62.8 cm³/mol. The zero-order valence-electron chi connectivity index (χ0n) is 7.85. The quantitative estimate of drug-likeness (QED) is 0.558. The second-order valence-electron chi connectivity index (χ2n) is 3.28. The van der Waals surface area contributed by atoms with Gasteiger partial charge < -0.3 is 4.42 Å². The minimum Gasteiger partial charge on any atom is -0.415 e. The lowest BCUT2D eigenvalue weighted by Crippen LogP contribution is -1.84. The summed E-state index contributed by atoms with van der Waals surface area (Å²) in [6.45, 7) is 2.02. The number of aryl methyl sites for hydroxylation is 1. The number of hydrogen-bond donors (Lipinski definition) is 0. The van der Waals surface area contributed by atoms with Crippen LogP contribution in [0.3, 0.4) is 0 Å². The highest BCUT2D eigenvalue weighted by atomic mass is 32.1. The number of benzene rings is 1. The smallest absolute Gasteiger partial charge is 0.258 e. The summed E-state index contributed by atoms with van der Waals surface area (Å²) in [6, 6.07) is 5.96. The van der Waals surface area contributed by atoms with E-state index in [0.717, 1.165) is 21.4 Å². The van der Waals surface area contributed by atoms with Crippen molar-refractivity contribution in [2.24, 2.45) is 0 Å². The summed E-state index contributed by atoms with van der Waals surface area (Å²) in [7, 11) is 0. The zero-order valence-corrected chi connectivity index (χ0v) is 9.48. The highest BCUT2D eigenvalue weighted by Crippen LogP contribution is 2.22. The van der Waals surface area contributed by atoms with Crippen molar-refractivity contribution in [2.75, 3.05) is 0 Å². The van der Waals surface area contributed by atoms with E-state index in [1.54, 1.807) is 0 Å². The van der Waals surface area contributed by atoms with Gasteiger partial charge in [0.2, 0.25) is 0 Å². The van der Waals surface area contributed by atoms with Gasteiger partial charge in [0.05, 0.1) is 11.0 Å². The molecule has 3 aromatic rings. The predicted octanol–water partition coefficient (Wildman–Crippen LogP) is 3.48. The maximum Gasteiger partial charge on any atom is 0.258 e. The molecule has 0 bridgehead atoms. The standard InChI is InChI=1S/C10H6N2OS2/c1-5-2-3-6-7(4-5)11-8-9(12-6)15-10(14)13-8/h2-4H,1H3. The van der Waals surface area contributed by atoms with Gasteiger partial charge in [-0.2, -0.15) is 0 Å². The van der Waals surface area contributed by atoms with E-state index in [-0.39, 0.29) is 0 Å². The number of fused-ring (bicyclic) bond motifs is 2. The van der Waals surface area contributed by atoms with Crippen molar-refractivity contribution in [3.63, 3.8) is 0 Å². The maximum absolute atomic E-state index is 5.28. The van der Waals surface area contributed by atoms with E-state index in [9.17, 15) is 0 Å². The first kappa shape index (κ1) is 8.94. The van der Waals surface area contributed by atoms with Gasteiger partial charge in [0.15, 0.2) is 4.83 Å². The molecule has 0 amide bonds. The average molecular weight is 234 g/mol. The highest BCUT2D eigenvalue weighted by Gasteiger charge is 2.05. The van der Waals surface area contributed by atoms with Gasteiger partial charge in [-0.1, -0.05) is 17.4 Å². The van der Waals surface area contributed by atoms with E-state index < -0.39 is 0 Å². The lowest BCUT2D eigenvalue weighted by Gasteiger charge is -1.96. The Morgan fingerprint density at radius 1 is 1.27 bits per heavy atom. The van der Waals surface area contributed by atoms with Crippen LogP contribution in [0.4, 0.5) is 0 Å². The number of nitrogens with zero attached hydrogens (tertiary/aromatic N) is 2. The van der Waals surface area contributed by atoms with Crippen LogP contribution in [-0.2, 0) is 0 Å². The van der Waals surface area contributed by atoms with Crippen LogP contribution in [0.25, 0.3) is 21.6 Å². The lowest BCUT2D eigenvalue weighted by molar-refractivity contribution is 0.597. The Balaban J connectivity index is 2.51. The van der Waals surface area contributed by atoms with E-state index in [4.69, 9.17) is 16.6 Å². The third-order valence-electron chi connectivity index (χ3n) is 2.12. The molecule has 5 heteroatoms. The summed E-state index contributed by atoms with van der Waals surface area (Å²) in [5, 5.41) is 0. The molecule has 1 aromatic carbocycles. The van der Waals surface area contributed by atoms with Crippen LogP contribution in [0, 0.1) is 10.9 Å². The van der Waals surface area contributed by atoms with Gasteiger partial charge in [0.25, 0.3) is 9.73 Å². The Kier molecular flexibility index (Phi) is 1.83. The first-order chi connectivity index (χ1) is 7.22. The number of aromatic nitrogens is 2. The van der Waals surface area contributed by atoms with Crippen molar-refractivity contribution in [3.8, 4) is 0 Å². The third-order valence-corrected chi connectivity index (χ3v) is 3.16. The molecular weight excluding hydrogens is 228 g/mol. The first-order valence-corrected chi connectivity index (χ1v) is 5.63. The molecule has 0 unspecified atom stereocenters. The van der Waals surface area contributed by atoms with Crippen LogP contribution < -0.4 is 0 Å². The number of hydrogen-bond acceptors (Lipinski definition) is 5. The molecule has 74 valence electrons. The molecule has 0 aliphatic carbocycles. The lowest BCUT2D eigenvalue weighted by atomic mass is 10.2. The Bertz CT molecular complexity index is 714. The third kappa shape index (κ3) is 1.44. The summed E-state index contributed by atoms with van der Waals surface area (Å²) in [5.41, 5.74) is 3.41. The summed E-state index contributed by atoms with van der Waals surface area (Å²) < 4.78 is 5.75. The second-order valence-corrected chi connectivity index (χ2v) is 4.87. The molecule has 0 aliphatic heterocycles. The van der Waals surface area contributed by atoms with Crippen molar-refractivity contribution < 1.29 is 4.42 Å². The fourth-order valence-electron chi connectivity index (χ4n) is 1.44. The van der Waals surface area contributed by atoms with Gasteiger partial charge in [-0.15, -0.1) is 0 Å². The van der Waals surface area contributed by atoms with E-state index in [2.05, 4.69) is 9.97 Å². The monoisotopic (exact) mass is 234 g/mol. The second kappa shape index (κ2) is 3.08. The van der Waals surface area contributed by atoms with Crippen molar-refractivity contribution in [2.45, 2.75) is 6.92 Å². The Hall–Kier alpha value is -1.33. The van der Waals surface area contributed by atoms with Crippen LogP contribution in [0.2, 0.25) is 0 Å². The highest BCUT2D eigenvalue weighted by molar-refractivity contribution is 7.73. The zero-order chi connectivity index (χ0) is 10.4. The topological polar surface area (TPSA) is 38.9 Å². The van der Waals surface area contributed by atoms with E-state index in [1.165, 1.54) is 11.3 Å². The number of rotatable bonds is 0. The normalized spacial score (nSPS) is 11.3. The molecule has 0 aliphatic rings. The van der Waals surface area contributed by atoms with Crippen molar-refractivity contribution in [1.29, 1.82) is 0 Å². The van der Waals surface area contributed by atoms with Crippen LogP contribution >= 0.6 is 23.6 Å². The van der Waals surface area contributed by atoms with Crippen molar-refractivity contribution in [1.82, 2.24) is 9.97 Å². The molecule has 3 nitrogen and oxygen atoms in total. The van der Waals surface area contributed by atoms with Crippen LogP contribution in [0.1, 0.15) is 5.56 Å². The van der Waals surface area contributed by atoms with E-state index >= 15 is 0 Å². The van der Waals surface area contributed by atoms with Crippen LogP contribution in [0.5, 0.6) is 0 Å². The first-order valence-electron chi connectivity index (χ1n) is 4.40. The molecule has 3 rings (SSSR count). The molecule has 0 radical (unpaired) electrons. The average Bonchev–Trinajstić information content (AvgIpc) is 2.53. The molecule has 0 saturated heterocycles. The van der Waals surface area contributed by atoms with Crippen LogP contribution in [0.15, 0.2) is 22.6 Å². The Morgan fingerprint density at radius 3 is 3.00 bits per heavy atom. The van der Waals surface area contributed by atoms with Gasteiger partial charge in [-0.05, 0) is 36.8 Å². The largest absolute Gasteiger partial charge is 0.415 e. The minimum absolute atomic E-state index is 0.469. The molecule has 2 heterocycles. The summed E-state index contributed by atoms with van der Waals surface area (Å²) in [4.78, 5) is 9.57. The molecular formula is C10H6N2OS2. The molecule has 2 aromatic heterocycles. The fraction of sp³-hybridized carbons (Fsp3) is 0.100. The van der Waals surface area contributed by atoms with Crippen LogP contribution in [-0.4, -0.2) is 9.97 Å². The van der Waals surface area contributed by atoms with E-state index in [1.807, 2.05) is 25.1 Å². The van der Waals surface area contributed by atoms with Crippen molar-refractivity contribution in [3.05, 3.63) is 27.8 Å². The van der Waals surface area contributed by atoms with E-state index in [0.29, 0.717) is 9.73 Å². The molecule has 0 saturated carbocycles. The fourth-order valence-corrected chi connectivity index (χ4v) is 2.36. The minimum atomic E-state index is 0.469. The maximum atomic E-state index is 5.28. The van der Waals surface area contributed by atoms with Gasteiger partial charge in [-0.25, -0.2) is 9.97 Å². The molecule has 0 fully saturated rings. The molecule has 0 N–H and O–H groups in total. The van der Waals surface area contributed by atoms with Gasteiger partial charge in [0.1, 0.15) is 0 Å². The SMILES string of the molecule is Cc1ccc2nc3sc(=S)oc3nc2c1. The Labute approximate surface area is 94.4 Å². The molecule has 0 atom stereocenters.